The van der Waals surface area contributed by atoms with Crippen LogP contribution in [0.1, 0.15) is 13.8 Å². The van der Waals surface area contributed by atoms with Crippen molar-refractivity contribution in [2.24, 2.45) is 4.99 Å². The standard InChI is InChI=1S/C13H15ClN2S/c1-3-15-13-16(4-2)12(9-17-13)10-5-7-11(14)8-6-10/h5-9H,3-4H2,1-2H3. The first-order valence-electron chi connectivity index (χ1n) is 5.71. The van der Waals surface area contributed by atoms with E-state index < -0.39 is 0 Å². The predicted molar refractivity (Wildman–Crippen MR) is 74.5 cm³/mol. The van der Waals surface area contributed by atoms with Crippen LogP contribution in [0.3, 0.4) is 0 Å². The zero-order chi connectivity index (χ0) is 12.3. The maximum absolute atomic E-state index is 5.91. The molecule has 90 valence electrons. The minimum Gasteiger partial charge on any atom is -0.317 e. The average Bonchev–Trinajstić information content (AvgIpc) is 2.73. The van der Waals surface area contributed by atoms with Crippen LogP contribution < -0.4 is 4.80 Å². The third-order valence-electron chi connectivity index (χ3n) is 2.55. The number of halogens is 1. The lowest BCUT2D eigenvalue weighted by molar-refractivity contribution is 0.735. The predicted octanol–water partition coefficient (Wildman–Crippen LogP) is 3.81. The molecule has 0 amide bonds. The van der Waals surface area contributed by atoms with Gasteiger partial charge < -0.3 is 4.57 Å². The molecular formula is C13H15ClN2S. The smallest absolute Gasteiger partial charge is 0.185 e. The van der Waals surface area contributed by atoms with Gasteiger partial charge >= 0.3 is 0 Å². The van der Waals surface area contributed by atoms with E-state index in [1.807, 2.05) is 24.3 Å². The molecule has 0 radical (unpaired) electrons. The van der Waals surface area contributed by atoms with Crippen LogP contribution in [-0.2, 0) is 6.54 Å². The summed E-state index contributed by atoms with van der Waals surface area (Å²) in [5.74, 6) is 0. The van der Waals surface area contributed by atoms with Gasteiger partial charge in [0.2, 0.25) is 0 Å². The highest BCUT2D eigenvalue weighted by atomic mass is 35.5. The number of rotatable bonds is 3. The summed E-state index contributed by atoms with van der Waals surface area (Å²) < 4.78 is 2.23. The van der Waals surface area contributed by atoms with Gasteiger partial charge in [-0.2, -0.15) is 0 Å². The van der Waals surface area contributed by atoms with Crippen molar-refractivity contribution in [1.29, 1.82) is 0 Å². The monoisotopic (exact) mass is 266 g/mol. The highest BCUT2D eigenvalue weighted by Crippen LogP contribution is 2.22. The summed E-state index contributed by atoms with van der Waals surface area (Å²) in [4.78, 5) is 5.58. The maximum atomic E-state index is 5.91. The Hall–Kier alpha value is -1.06. The van der Waals surface area contributed by atoms with Crippen molar-refractivity contribution >= 4 is 22.9 Å². The Morgan fingerprint density at radius 1 is 1.24 bits per heavy atom. The third-order valence-corrected chi connectivity index (χ3v) is 3.70. The Kier molecular flexibility index (Phi) is 4.02. The summed E-state index contributed by atoms with van der Waals surface area (Å²) in [7, 11) is 0. The number of hydrogen-bond donors (Lipinski definition) is 0. The SMILES string of the molecule is CCN=c1scc(-c2ccc(Cl)cc2)n1CC. The van der Waals surface area contributed by atoms with Gasteiger partial charge in [-0.15, -0.1) is 11.3 Å². The van der Waals surface area contributed by atoms with Gasteiger partial charge in [-0.05, 0) is 31.5 Å². The Morgan fingerprint density at radius 3 is 2.53 bits per heavy atom. The van der Waals surface area contributed by atoms with Crippen LogP contribution in [0.4, 0.5) is 0 Å². The van der Waals surface area contributed by atoms with Crippen molar-refractivity contribution in [1.82, 2.24) is 4.57 Å². The number of aromatic nitrogens is 1. The molecule has 2 aromatic rings. The van der Waals surface area contributed by atoms with Gasteiger partial charge in [0.1, 0.15) is 0 Å². The second-order valence-corrected chi connectivity index (χ2v) is 4.90. The molecule has 17 heavy (non-hydrogen) atoms. The summed E-state index contributed by atoms with van der Waals surface area (Å²) in [6.07, 6.45) is 0. The summed E-state index contributed by atoms with van der Waals surface area (Å²) in [6, 6.07) is 7.94. The fraction of sp³-hybridized carbons (Fsp3) is 0.308. The molecule has 0 bridgehead atoms. The summed E-state index contributed by atoms with van der Waals surface area (Å²) in [6.45, 7) is 5.95. The van der Waals surface area contributed by atoms with Crippen molar-refractivity contribution in [3.8, 4) is 11.3 Å². The Morgan fingerprint density at radius 2 is 1.94 bits per heavy atom. The van der Waals surface area contributed by atoms with Crippen LogP contribution in [0, 0.1) is 0 Å². The fourth-order valence-corrected chi connectivity index (χ4v) is 2.91. The van der Waals surface area contributed by atoms with E-state index in [9.17, 15) is 0 Å². The molecule has 4 heteroatoms. The van der Waals surface area contributed by atoms with E-state index in [2.05, 4.69) is 28.8 Å². The van der Waals surface area contributed by atoms with Gasteiger partial charge in [-0.25, -0.2) is 0 Å². The van der Waals surface area contributed by atoms with Gasteiger partial charge in [0.05, 0.1) is 5.69 Å². The Balaban J connectivity index is 2.52. The largest absolute Gasteiger partial charge is 0.317 e. The van der Waals surface area contributed by atoms with E-state index in [-0.39, 0.29) is 0 Å². The van der Waals surface area contributed by atoms with E-state index >= 15 is 0 Å². The normalized spacial score (nSPS) is 12.1. The van der Waals surface area contributed by atoms with Crippen molar-refractivity contribution in [3.63, 3.8) is 0 Å². The van der Waals surface area contributed by atoms with Gasteiger partial charge in [0.15, 0.2) is 4.80 Å². The molecule has 2 nitrogen and oxygen atoms in total. The first-order chi connectivity index (χ1) is 8.26. The molecule has 0 fully saturated rings. The third kappa shape index (κ3) is 2.61. The second kappa shape index (κ2) is 5.52. The van der Waals surface area contributed by atoms with Crippen LogP contribution >= 0.6 is 22.9 Å². The van der Waals surface area contributed by atoms with E-state index in [1.165, 1.54) is 11.3 Å². The number of nitrogens with zero attached hydrogens (tertiary/aromatic N) is 2. The van der Waals surface area contributed by atoms with Crippen LogP contribution in [0.25, 0.3) is 11.3 Å². The van der Waals surface area contributed by atoms with E-state index in [1.54, 1.807) is 11.3 Å². The molecule has 0 N–H and O–H groups in total. The molecule has 1 aromatic heterocycles. The molecule has 0 atom stereocenters. The summed E-state index contributed by atoms with van der Waals surface area (Å²) in [5.41, 5.74) is 2.39. The van der Waals surface area contributed by atoms with Gasteiger partial charge in [0, 0.05) is 23.5 Å². The molecule has 1 aromatic carbocycles. The van der Waals surface area contributed by atoms with E-state index in [0.29, 0.717) is 0 Å². The minimum atomic E-state index is 0.769. The number of benzene rings is 1. The molecule has 0 saturated carbocycles. The highest BCUT2D eigenvalue weighted by molar-refractivity contribution is 7.07. The van der Waals surface area contributed by atoms with Crippen LogP contribution in [0.2, 0.25) is 5.02 Å². The van der Waals surface area contributed by atoms with Gasteiger partial charge in [-0.1, -0.05) is 23.7 Å². The average molecular weight is 267 g/mol. The van der Waals surface area contributed by atoms with Crippen molar-refractivity contribution < 1.29 is 0 Å². The molecule has 1 heterocycles. The Bertz CT molecular complexity index is 552. The van der Waals surface area contributed by atoms with Crippen molar-refractivity contribution in [3.05, 3.63) is 39.5 Å². The topological polar surface area (TPSA) is 17.3 Å². The molecule has 2 rings (SSSR count). The summed E-state index contributed by atoms with van der Waals surface area (Å²) >= 11 is 7.59. The molecule has 0 aliphatic carbocycles. The quantitative estimate of drug-likeness (QED) is 0.804. The maximum Gasteiger partial charge on any atom is 0.185 e. The number of hydrogen-bond acceptors (Lipinski definition) is 2. The lowest BCUT2D eigenvalue weighted by Gasteiger charge is -2.05. The highest BCUT2D eigenvalue weighted by Gasteiger charge is 2.05. The lowest BCUT2D eigenvalue weighted by Crippen LogP contribution is -2.14. The van der Waals surface area contributed by atoms with Gasteiger partial charge in [-0.3, -0.25) is 4.99 Å². The lowest BCUT2D eigenvalue weighted by atomic mass is 10.2. The molecular weight excluding hydrogens is 252 g/mol. The first-order valence-corrected chi connectivity index (χ1v) is 6.96. The Labute approximate surface area is 110 Å². The first kappa shape index (κ1) is 12.4. The fourth-order valence-electron chi connectivity index (χ4n) is 1.75. The second-order valence-electron chi connectivity index (χ2n) is 3.63. The van der Waals surface area contributed by atoms with Crippen LogP contribution in [0.5, 0.6) is 0 Å². The zero-order valence-corrected chi connectivity index (χ0v) is 11.6. The van der Waals surface area contributed by atoms with Crippen LogP contribution in [0.15, 0.2) is 34.6 Å². The minimum absolute atomic E-state index is 0.769. The van der Waals surface area contributed by atoms with Crippen molar-refractivity contribution in [2.45, 2.75) is 20.4 Å². The van der Waals surface area contributed by atoms with E-state index in [4.69, 9.17) is 11.6 Å². The molecule has 0 aliphatic rings. The summed E-state index contributed by atoms with van der Waals surface area (Å²) in [5, 5.41) is 2.92. The van der Waals surface area contributed by atoms with Gasteiger partial charge in [0.25, 0.3) is 0 Å². The number of thiazole rings is 1. The van der Waals surface area contributed by atoms with E-state index in [0.717, 1.165) is 22.9 Å². The van der Waals surface area contributed by atoms with Crippen LogP contribution in [-0.4, -0.2) is 11.1 Å². The molecule has 0 spiro atoms. The molecule has 0 saturated heterocycles. The molecule has 0 aliphatic heterocycles. The molecule has 0 unspecified atom stereocenters. The zero-order valence-electron chi connectivity index (χ0n) is 9.98. The van der Waals surface area contributed by atoms with Crippen molar-refractivity contribution in [2.75, 3.05) is 6.54 Å².